The van der Waals surface area contributed by atoms with Gasteiger partial charge in [0.1, 0.15) is 0 Å². The SMILES string of the molecule is Cc1cc(C)n(-c2ccc(C(=O)NCC3CCCO3)cn2)n1. The molecule has 1 aliphatic rings. The Morgan fingerprint density at radius 2 is 2.32 bits per heavy atom. The summed E-state index contributed by atoms with van der Waals surface area (Å²) in [4.78, 5) is 16.4. The molecule has 1 N–H and O–H groups in total. The normalized spacial score (nSPS) is 17.6. The average Bonchev–Trinajstić information content (AvgIpc) is 3.14. The molecular weight excluding hydrogens is 280 g/mol. The number of rotatable bonds is 4. The van der Waals surface area contributed by atoms with E-state index in [1.54, 1.807) is 23.0 Å². The van der Waals surface area contributed by atoms with E-state index in [-0.39, 0.29) is 12.0 Å². The molecule has 0 spiro atoms. The van der Waals surface area contributed by atoms with Gasteiger partial charge in [-0.05, 0) is 44.9 Å². The standard InChI is InChI=1S/C16H20N4O2/c1-11-8-12(2)20(19-11)15-6-5-13(9-17-15)16(21)18-10-14-4-3-7-22-14/h5-6,8-9,14H,3-4,7,10H2,1-2H3,(H,18,21). The van der Waals surface area contributed by atoms with Crippen LogP contribution >= 0.6 is 0 Å². The molecule has 6 heteroatoms. The molecular formula is C16H20N4O2. The molecule has 116 valence electrons. The monoisotopic (exact) mass is 300 g/mol. The van der Waals surface area contributed by atoms with Crippen LogP contribution in [0.2, 0.25) is 0 Å². The second-order valence-electron chi connectivity index (χ2n) is 5.59. The Morgan fingerprint density at radius 1 is 1.45 bits per heavy atom. The fourth-order valence-corrected chi connectivity index (χ4v) is 2.62. The highest BCUT2D eigenvalue weighted by atomic mass is 16.5. The van der Waals surface area contributed by atoms with E-state index in [9.17, 15) is 4.79 Å². The molecule has 1 saturated heterocycles. The largest absolute Gasteiger partial charge is 0.376 e. The van der Waals surface area contributed by atoms with Gasteiger partial charge in [0.05, 0.1) is 17.4 Å². The number of hydrogen-bond donors (Lipinski definition) is 1. The molecule has 22 heavy (non-hydrogen) atoms. The van der Waals surface area contributed by atoms with Crippen molar-refractivity contribution in [1.29, 1.82) is 0 Å². The van der Waals surface area contributed by atoms with Crippen LogP contribution in [0.25, 0.3) is 5.82 Å². The lowest BCUT2D eigenvalue weighted by atomic mass is 10.2. The number of carbonyl (C=O) groups excluding carboxylic acids is 1. The summed E-state index contributed by atoms with van der Waals surface area (Å²) in [5.41, 5.74) is 2.50. The van der Waals surface area contributed by atoms with Gasteiger partial charge in [0.25, 0.3) is 5.91 Å². The fraction of sp³-hybridized carbons (Fsp3) is 0.438. The molecule has 0 saturated carbocycles. The summed E-state index contributed by atoms with van der Waals surface area (Å²) in [6, 6.07) is 5.56. The number of pyridine rings is 1. The van der Waals surface area contributed by atoms with Crippen molar-refractivity contribution >= 4 is 5.91 Å². The maximum Gasteiger partial charge on any atom is 0.252 e. The van der Waals surface area contributed by atoms with Gasteiger partial charge in [0, 0.05) is 25.0 Å². The highest BCUT2D eigenvalue weighted by Gasteiger charge is 2.17. The third-order valence-electron chi connectivity index (χ3n) is 3.75. The molecule has 1 atom stereocenters. The zero-order valence-electron chi connectivity index (χ0n) is 12.9. The number of ether oxygens (including phenoxy) is 1. The molecule has 2 aromatic heterocycles. The summed E-state index contributed by atoms with van der Waals surface area (Å²) < 4.78 is 7.26. The summed E-state index contributed by atoms with van der Waals surface area (Å²) in [5, 5.41) is 7.27. The molecule has 2 aromatic rings. The average molecular weight is 300 g/mol. The maximum atomic E-state index is 12.1. The van der Waals surface area contributed by atoms with Crippen LogP contribution in [-0.2, 0) is 4.74 Å². The van der Waals surface area contributed by atoms with Crippen LogP contribution in [0.15, 0.2) is 24.4 Å². The molecule has 1 amide bonds. The Bertz CT molecular complexity index is 657. The Labute approximate surface area is 129 Å². The lowest BCUT2D eigenvalue weighted by molar-refractivity contribution is 0.0857. The van der Waals surface area contributed by atoms with Gasteiger partial charge < -0.3 is 10.1 Å². The number of amides is 1. The van der Waals surface area contributed by atoms with E-state index in [1.807, 2.05) is 19.9 Å². The summed E-state index contributed by atoms with van der Waals surface area (Å²) in [6.07, 6.45) is 3.80. The Balaban J connectivity index is 1.65. The number of hydrogen-bond acceptors (Lipinski definition) is 4. The molecule has 1 fully saturated rings. The second kappa shape index (κ2) is 6.27. The third kappa shape index (κ3) is 3.17. The third-order valence-corrected chi connectivity index (χ3v) is 3.75. The van der Waals surface area contributed by atoms with Crippen molar-refractivity contribution in [2.75, 3.05) is 13.2 Å². The van der Waals surface area contributed by atoms with Gasteiger partial charge >= 0.3 is 0 Å². The zero-order chi connectivity index (χ0) is 15.5. The number of nitrogens with zero attached hydrogens (tertiary/aromatic N) is 3. The number of nitrogens with one attached hydrogen (secondary N) is 1. The van der Waals surface area contributed by atoms with E-state index >= 15 is 0 Å². The molecule has 0 aromatic carbocycles. The molecule has 6 nitrogen and oxygen atoms in total. The molecule has 1 aliphatic heterocycles. The van der Waals surface area contributed by atoms with Crippen molar-refractivity contribution < 1.29 is 9.53 Å². The van der Waals surface area contributed by atoms with E-state index in [4.69, 9.17) is 4.74 Å². The highest BCUT2D eigenvalue weighted by molar-refractivity contribution is 5.93. The molecule has 0 radical (unpaired) electrons. The smallest absolute Gasteiger partial charge is 0.252 e. The first-order valence-electron chi connectivity index (χ1n) is 7.53. The van der Waals surface area contributed by atoms with Crippen LogP contribution in [0.1, 0.15) is 34.6 Å². The first kappa shape index (κ1) is 14.7. The van der Waals surface area contributed by atoms with Crippen LogP contribution in [0.4, 0.5) is 0 Å². The van der Waals surface area contributed by atoms with Gasteiger partial charge in [0.15, 0.2) is 5.82 Å². The zero-order valence-corrected chi connectivity index (χ0v) is 12.9. The van der Waals surface area contributed by atoms with Gasteiger partial charge in [-0.3, -0.25) is 4.79 Å². The quantitative estimate of drug-likeness (QED) is 0.934. The predicted molar refractivity (Wildman–Crippen MR) is 82.1 cm³/mol. The van der Waals surface area contributed by atoms with Crippen LogP contribution in [0.5, 0.6) is 0 Å². The van der Waals surface area contributed by atoms with Crippen molar-refractivity contribution in [2.24, 2.45) is 0 Å². The topological polar surface area (TPSA) is 69.0 Å². The maximum absolute atomic E-state index is 12.1. The minimum Gasteiger partial charge on any atom is -0.376 e. The van der Waals surface area contributed by atoms with Gasteiger partial charge in [-0.2, -0.15) is 5.10 Å². The van der Waals surface area contributed by atoms with Gasteiger partial charge in [-0.15, -0.1) is 0 Å². The van der Waals surface area contributed by atoms with Crippen molar-refractivity contribution in [1.82, 2.24) is 20.1 Å². The summed E-state index contributed by atoms with van der Waals surface area (Å²) >= 11 is 0. The first-order valence-corrected chi connectivity index (χ1v) is 7.53. The molecule has 3 rings (SSSR count). The van der Waals surface area contributed by atoms with Gasteiger partial charge in [-0.1, -0.05) is 0 Å². The predicted octanol–water partition coefficient (Wildman–Crippen LogP) is 1.79. The van der Waals surface area contributed by atoms with Crippen molar-refractivity contribution in [3.63, 3.8) is 0 Å². The summed E-state index contributed by atoms with van der Waals surface area (Å²) in [6.45, 7) is 5.26. The fourth-order valence-electron chi connectivity index (χ4n) is 2.62. The van der Waals surface area contributed by atoms with Crippen molar-refractivity contribution in [3.8, 4) is 5.82 Å². The minimum atomic E-state index is -0.122. The summed E-state index contributed by atoms with van der Waals surface area (Å²) in [7, 11) is 0. The van der Waals surface area contributed by atoms with Crippen molar-refractivity contribution in [2.45, 2.75) is 32.8 Å². The number of aryl methyl sites for hydroxylation is 2. The lowest BCUT2D eigenvalue weighted by Gasteiger charge is -2.11. The van der Waals surface area contributed by atoms with Crippen LogP contribution in [0.3, 0.4) is 0 Å². The molecule has 0 aliphatic carbocycles. The van der Waals surface area contributed by atoms with E-state index in [1.165, 1.54) is 0 Å². The van der Waals surface area contributed by atoms with E-state index in [0.29, 0.717) is 17.9 Å². The Kier molecular flexibility index (Phi) is 4.20. The second-order valence-corrected chi connectivity index (χ2v) is 5.59. The Hall–Kier alpha value is -2.21. The van der Waals surface area contributed by atoms with E-state index < -0.39 is 0 Å². The summed E-state index contributed by atoms with van der Waals surface area (Å²) in [5.74, 6) is 0.587. The van der Waals surface area contributed by atoms with Crippen LogP contribution < -0.4 is 5.32 Å². The lowest BCUT2D eigenvalue weighted by Crippen LogP contribution is -2.31. The number of aromatic nitrogens is 3. The first-order chi connectivity index (χ1) is 10.6. The molecule has 3 heterocycles. The van der Waals surface area contributed by atoms with Gasteiger partial charge in [0.2, 0.25) is 0 Å². The minimum absolute atomic E-state index is 0.122. The molecule has 0 bridgehead atoms. The Morgan fingerprint density at radius 3 is 2.91 bits per heavy atom. The van der Waals surface area contributed by atoms with Gasteiger partial charge in [-0.25, -0.2) is 9.67 Å². The van der Waals surface area contributed by atoms with Crippen molar-refractivity contribution in [3.05, 3.63) is 41.3 Å². The van der Waals surface area contributed by atoms with Crippen LogP contribution in [-0.4, -0.2) is 39.9 Å². The molecule has 1 unspecified atom stereocenters. The number of carbonyl (C=O) groups is 1. The highest BCUT2D eigenvalue weighted by Crippen LogP contribution is 2.12. The van der Waals surface area contributed by atoms with E-state index in [0.717, 1.165) is 30.8 Å². The van der Waals surface area contributed by atoms with Crippen LogP contribution in [0, 0.1) is 13.8 Å². The van der Waals surface area contributed by atoms with E-state index in [2.05, 4.69) is 15.4 Å².